The van der Waals surface area contributed by atoms with Gasteiger partial charge < -0.3 is 15.8 Å². The second kappa shape index (κ2) is 4.71. The monoisotopic (exact) mass is 309 g/mol. The Morgan fingerprint density at radius 1 is 1.39 bits per heavy atom. The Labute approximate surface area is 133 Å². The van der Waals surface area contributed by atoms with Crippen LogP contribution in [0.1, 0.15) is 25.0 Å². The van der Waals surface area contributed by atoms with Crippen LogP contribution in [0.15, 0.2) is 41.0 Å². The van der Waals surface area contributed by atoms with Crippen LogP contribution in [0.4, 0.5) is 5.69 Å². The van der Waals surface area contributed by atoms with Crippen molar-refractivity contribution in [2.45, 2.75) is 26.2 Å². The van der Waals surface area contributed by atoms with Gasteiger partial charge in [0.2, 0.25) is 11.8 Å². The van der Waals surface area contributed by atoms with Crippen molar-refractivity contribution in [3.8, 4) is 6.07 Å². The van der Waals surface area contributed by atoms with Gasteiger partial charge in [-0.25, -0.2) is 0 Å². The number of hydrogen-bond acceptors (Lipinski definition) is 5. The first-order valence-electron chi connectivity index (χ1n) is 7.07. The quantitative estimate of drug-likeness (QED) is 0.822. The number of nitrogens with zero attached hydrogens (tertiary/aromatic N) is 1. The number of Topliss-reactive ketones (excluding diaryl/α,β-unsaturated/α-hetero) is 1. The summed E-state index contributed by atoms with van der Waals surface area (Å²) in [4.78, 5) is 25.2. The fourth-order valence-corrected chi connectivity index (χ4v) is 3.40. The van der Waals surface area contributed by atoms with E-state index in [9.17, 15) is 14.9 Å². The molecule has 2 aliphatic rings. The molecule has 1 atom stereocenters. The average molecular weight is 309 g/mol. The van der Waals surface area contributed by atoms with Crippen LogP contribution in [0.3, 0.4) is 0 Å². The van der Waals surface area contributed by atoms with Gasteiger partial charge in [0.15, 0.2) is 5.78 Å². The molecule has 0 bridgehead atoms. The molecule has 3 rings (SSSR count). The molecule has 1 aromatic rings. The lowest BCUT2D eigenvalue weighted by Gasteiger charge is -2.34. The van der Waals surface area contributed by atoms with E-state index in [1.54, 1.807) is 19.1 Å². The zero-order valence-corrected chi connectivity index (χ0v) is 13.0. The van der Waals surface area contributed by atoms with Gasteiger partial charge >= 0.3 is 0 Å². The number of allylic oxidation sites excluding steroid dienone is 1. The van der Waals surface area contributed by atoms with E-state index in [-0.39, 0.29) is 28.6 Å². The van der Waals surface area contributed by atoms with Crippen molar-refractivity contribution in [3.63, 3.8) is 0 Å². The molecule has 23 heavy (non-hydrogen) atoms. The summed E-state index contributed by atoms with van der Waals surface area (Å²) >= 11 is 0. The van der Waals surface area contributed by atoms with Gasteiger partial charge in [0.1, 0.15) is 22.8 Å². The fraction of sp³-hybridized carbons (Fsp3) is 0.235. The molecule has 1 aromatic carbocycles. The standard InChI is InChI=1S/C17H15N3O3/c1-8-4-5-13-11(6-8)17(16(22)20-13)12(7-18)15(19)23-10(3)14(17)9(2)21/h4-6H,19H2,1-3H3,(H,20,22)/t17-/m0/s1. The number of fused-ring (bicyclic) bond motifs is 2. The van der Waals surface area contributed by atoms with Crippen molar-refractivity contribution in [3.05, 3.63) is 52.1 Å². The topological polar surface area (TPSA) is 105 Å². The molecule has 0 saturated carbocycles. The minimum absolute atomic E-state index is 0.0600. The van der Waals surface area contributed by atoms with E-state index in [1.807, 2.05) is 19.1 Å². The number of rotatable bonds is 1. The lowest BCUT2D eigenvalue weighted by molar-refractivity contribution is -0.122. The molecule has 6 heteroatoms. The Balaban J connectivity index is 2.48. The van der Waals surface area contributed by atoms with Gasteiger partial charge in [0.25, 0.3) is 0 Å². The molecule has 1 spiro atoms. The Morgan fingerprint density at radius 3 is 2.70 bits per heavy atom. The Hall–Kier alpha value is -3.07. The van der Waals surface area contributed by atoms with E-state index in [1.165, 1.54) is 6.92 Å². The number of amides is 1. The molecule has 116 valence electrons. The highest BCUT2D eigenvalue weighted by Gasteiger charge is 2.58. The number of ether oxygens (including phenoxy) is 1. The first kappa shape index (κ1) is 14.9. The molecule has 0 aromatic heterocycles. The smallest absolute Gasteiger partial charge is 0.245 e. The SMILES string of the molecule is CC(=O)C1=C(C)OC(N)=C(C#N)[C@]12C(=O)Nc1ccc(C)cc12. The second-order valence-electron chi connectivity index (χ2n) is 5.69. The highest BCUT2D eigenvalue weighted by Crippen LogP contribution is 2.51. The number of aryl methyl sites for hydroxylation is 1. The Kier molecular flexibility index (Phi) is 3.04. The minimum atomic E-state index is -1.55. The van der Waals surface area contributed by atoms with E-state index in [0.29, 0.717) is 11.3 Å². The molecule has 6 nitrogen and oxygen atoms in total. The van der Waals surface area contributed by atoms with E-state index in [4.69, 9.17) is 10.5 Å². The third kappa shape index (κ3) is 1.73. The molecule has 0 radical (unpaired) electrons. The summed E-state index contributed by atoms with van der Waals surface area (Å²) in [6.45, 7) is 4.79. The predicted molar refractivity (Wildman–Crippen MR) is 82.8 cm³/mol. The first-order chi connectivity index (χ1) is 10.8. The third-order valence-electron chi connectivity index (χ3n) is 4.24. The largest absolute Gasteiger partial charge is 0.445 e. The number of benzene rings is 1. The summed E-state index contributed by atoms with van der Waals surface area (Å²) in [6.07, 6.45) is 0. The number of hydrogen-bond donors (Lipinski definition) is 2. The molecule has 1 amide bonds. The zero-order chi connectivity index (χ0) is 16.9. The van der Waals surface area contributed by atoms with Crippen molar-refractivity contribution in [1.29, 1.82) is 5.26 Å². The number of nitriles is 1. The Bertz CT molecular complexity index is 874. The maximum absolute atomic E-state index is 12.9. The number of nitrogens with two attached hydrogens (primary N) is 1. The highest BCUT2D eigenvalue weighted by molar-refractivity contribution is 6.18. The maximum atomic E-state index is 12.9. The van der Waals surface area contributed by atoms with E-state index < -0.39 is 11.3 Å². The average Bonchev–Trinajstić information content (AvgIpc) is 2.72. The van der Waals surface area contributed by atoms with Gasteiger partial charge in [-0.1, -0.05) is 17.7 Å². The number of carbonyl (C=O) groups is 2. The van der Waals surface area contributed by atoms with Crippen molar-refractivity contribution in [2.24, 2.45) is 5.73 Å². The van der Waals surface area contributed by atoms with Gasteiger partial charge in [0, 0.05) is 11.3 Å². The van der Waals surface area contributed by atoms with Gasteiger partial charge in [-0.3, -0.25) is 9.59 Å². The number of anilines is 1. The van der Waals surface area contributed by atoms with Crippen molar-refractivity contribution in [1.82, 2.24) is 0 Å². The van der Waals surface area contributed by atoms with Crippen LogP contribution in [-0.4, -0.2) is 11.7 Å². The van der Waals surface area contributed by atoms with E-state index in [2.05, 4.69) is 5.32 Å². The van der Waals surface area contributed by atoms with Crippen LogP contribution in [0, 0.1) is 18.3 Å². The van der Waals surface area contributed by atoms with Crippen molar-refractivity contribution in [2.75, 3.05) is 5.32 Å². The van der Waals surface area contributed by atoms with E-state index in [0.717, 1.165) is 5.56 Å². The third-order valence-corrected chi connectivity index (χ3v) is 4.24. The first-order valence-corrected chi connectivity index (χ1v) is 7.07. The molecule has 2 heterocycles. The van der Waals surface area contributed by atoms with Crippen LogP contribution >= 0.6 is 0 Å². The predicted octanol–water partition coefficient (Wildman–Crippen LogP) is 1.77. The van der Waals surface area contributed by atoms with Crippen LogP contribution in [0.25, 0.3) is 0 Å². The normalized spacial score (nSPS) is 22.6. The number of carbonyl (C=O) groups excluding carboxylic acids is 2. The van der Waals surface area contributed by atoms with Crippen molar-refractivity contribution < 1.29 is 14.3 Å². The molecule has 0 aliphatic carbocycles. The van der Waals surface area contributed by atoms with Crippen LogP contribution in [0.5, 0.6) is 0 Å². The minimum Gasteiger partial charge on any atom is -0.445 e. The molecule has 3 N–H and O–H groups in total. The summed E-state index contributed by atoms with van der Waals surface area (Å²) in [5.74, 6) is -0.726. The molecule has 2 aliphatic heterocycles. The fourth-order valence-electron chi connectivity index (χ4n) is 3.40. The summed E-state index contributed by atoms with van der Waals surface area (Å²) in [7, 11) is 0. The highest BCUT2D eigenvalue weighted by atomic mass is 16.5. The number of nitrogens with one attached hydrogen (secondary N) is 1. The summed E-state index contributed by atoms with van der Waals surface area (Å²) in [6, 6.07) is 7.36. The van der Waals surface area contributed by atoms with Gasteiger partial charge in [-0.05, 0) is 26.8 Å². The molecule has 0 unspecified atom stereocenters. The van der Waals surface area contributed by atoms with Crippen molar-refractivity contribution >= 4 is 17.4 Å². The van der Waals surface area contributed by atoms with Crippen LogP contribution in [-0.2, 0) is 19.7 Å². The summed E-state index contributed by atoms with van der Waals surface area (Å²) < 4.78 is 5.36. The summed E-state index contributed by atoms with van der Waals surface area (Å²) in [5, 5.41) is 12.4. The van der Waals surface area contributed by atoms with Gasteiger partial charge in [-0.2, -0.15) is 5.26 Å². The van der Waals surface area contributed by atoms with E-state index >= 15 is 0 Å². The maximum Gasteiger partial charge on any atom is 0.245 e. The summed E-state index contributed by atoms with van der Waals surface area (Å²) in [5.41, 5.74) is 6.42. The zero-order valence-electron chi connectivity index (χ0n) is 13.0. The Morgan fingerprint density at radius 2 is 2.09 bits per heavy atom. The molecule has 0 fully saturated rings. The number of ketones is 1. The lowest BCUT2D eigenvalue weighted by Crippen LogP contribution is -2.44. The molecular weight excluding hydrogens is 294 g/mol. The molecular formula is C17H15N3O3. The molecule has 0 saturated heterocycles. The van der Waals surface area contributed by atoms with Gasteiger partial charge in [0.05, 0.1) is 5.57 Å². The van der Waals surface area contributed by atoms with Crippen LogP contribution < -0.4 is 11.1 Å². The van der Waals surface area contributed by atoms with Gasteiger partial charge in [-0.15, -0.1) is 0 Å². The second-order valence-corrected chi connectivity index (χ2v) is 5.69. The van der Waals surface area contributed by atoms with Crippen LogP contribution in [0.2, 0.25) is 0 Å². The lowest BCUT2D eigenvalue weighted by atomic mass is 9.67.